The van der Waals surface area contributed by atoms with Crippen LogP contribution in [0.3, 0.4) is 0 Å². The maximum Gasteiger partial charge on any atom is 0.239 e. The van der Waals surface area contributed by atoms with Crippen molar-refractivity contribution < 1.29 is 4.57 Å². The van der Waals surface area contributed by atoms with Crippen LogP contribution in [0, 0.1) is 20.8 Å². The molecule has 0 saturated heterocycles. The molecule has 0 saturated carbocycles. The zero-order valence-corrected chi connectivity index (χ0v) is 31.7. The van der Waals surface area contributed by atoms with E-state index in [-0.39, 0.29) is 6.04 Å². The van der Waals surface area contributed by atoms with Crippen molar-refractivity contribution in [1.82, 2.24) is 10.3 Å². The van der Waals surface area contributed by atoms with Gasteiger partial charge in [-0.1, -0.05) is 49.2 Å². The van der Waals surface area contributed by atoms with E-state index < -0.39 is 0 Å². The van der Waals surface area contributed by atoms with Gasteiger partial charge in [0.1, 0.15) is 11.0 Å². The number of hydrogen-bond donors (Lipinski definition) is 4. The van der Waals surface area contributed by atoms with E-state index in [0.29, 0.717) is 0 Å². The summed E-state index contributed by atoms with van der Waals surface area (Å²) in [6, 6.07) is 33.7. The molecule has 5 aromatic carbocycles. The van der Waals surface area contributed by atoms with Gasteiger partial charge < -0.3 is 27.0 Å². The Bertz CT molecular complexity index is 2470. The van der Waals surface area contributed by atoms with Crippen LogP contribution in [0.1, 0.15) is 49.3 Å². The average Bonchev–Trinajstić information content (AvgIpc) is 3.16. The smallest absolute Gasteiger partial charge is 0.239 e. The van der Waals surface area contributed by atoms with Crippen molar-refractivity contribution in [2.45, 2.75) is 59.4 Å². The average molecular weight is 714 g/mol. The van der Waals surface area contributed by atoms with E-state index in [2.05, 4.69) is 131 Å². The predicted octanol–water partition coefficient (Wildman–Crippen LogP) is 9.45. The van der Waals surface area contributed by atoms with Crippen molar-refractivity contribution >= 4 is 61.9 Å². The Kier molecular flexibility index (Phi) is 9.50. The van der Waals surface area contributed by atoms with Gasteiger partial charge in [0.15, 0.2) is 0 Å². The molecule has 272 valence electrons. The van der Waals surface area contributed by atoms with Gasteiger partial charge in [0.25, 0.3) is 0 Å². The van der Waals surface area contributed by atoms with Crippen molar-refractivity contribution in [1.29, 1.82) is 0 Å². The Hall–Kier alpha value is -6.15. The van der Waals surface area contributed by atoms with Crippen molar-refractivity contribution in [3.8, 4) is 5.69 Å². The maximum atomic E-state index is 6.41. The summed E-state index contributed by atoms with van der Waals surface area (Å²) in [6.45, 7) is 10.2. The quantitative estimate of drug-likeness (QED) is 0.0461. The zero-order valence-electron chi connectivity index (χ0n) is 31.7. The van der Waals surface area contributed by atoms with Crippen LogP contribution in [0.2, 0.25) is 0 Å². The Morgan fingerprint density at radius 2 is 1.31 bits per heavy atom. The summed E-state index contributed by atoms with van der Waals surface area (Å²) in [7, 11) is 0. The van der Waals surface area contributed by atoms with E-state index in [0.717, 1.165) is 117 Å². The van der Waals surface area contributed by atoms with Crippen molar-refractivity contribution in [2.75, 3.05) is 34.8 Å². The largest absolute Gasteiger partial charge is 0.398 e. The standard InChI is InChI=1S/C46H48N8/c1-29-21-39-43(25-35(29)47)53(33-15-9-7-10-16-33)45-27-37(31(3)23-41(45)51-39)49-19-13-5-6-14-20-50-38-28-46-42(24-32(38)4)52-40-22-30(2)36(48)26-44(40)54(46)34-17-11-8-12-18-34/h7-12,15-18,21-28,45,49H,5-6,13-14,19-20,47H2,1-4H3,(H2,48,50)/p+1. The molecular formula is C46H49N8+. The van der Waals surface area contributed by atoms with E-state index in [4.69, 9.17) is 21.4 Å². The first-order chi connectivity index (χ1) is 26.2. The number of nitrogen functional groups attached to an aromatic ring is 2. The third-order valence-corrected chi connectivity index (χ3v) is 10.8. The molecule has 0 radical (unpaired) electrons. The third kappa shape index (κ3) is 6.75. The lowest BCUT2D eigenvalue weighted by Crippen LogP contribution is -2.41. The first-order valence-corrected chi connectivity index (χ1v) is 19.1. The number of aryl methyl sites for hydroxylation is 3. The molecule has 1 aliphatic carbocycles. The normalized spacial score (nSPS) is 15.0. The topological polar surface area (TPSA) is 108 Å². The van der Waals surface area contributed by atoms with Crippen LogP contribution < -0.4 is 31.6 Å². The second-order valence-corrected chi connectivity index (χ2v) is 14.7. The number of unbranched alkanes of at least 4 members (excludes halogenated alkanes) is 3. The second-order valence-electron chi connectivity index (χ2n) is 14.7. The summed E-state index contributed by atoms with van der Waals surface area (Å²) in [5.74, 6) is 0. The summed E-state index contributed by atoms with van der Waals surface area (Å²) < 4.78 is 2.28. The SMILES string of the molecule is CC1=CC2=Nc3cc(C)c(N)cc3N(c3ccccc3)C2C=C1NCCCCCCNc1cc2c(cc1C)nc1cc(C)c(N)cc1[n+]2-c1ccccc1. The number of para-hydroxylation sites is 2. The molecule has 1 unspecified atom stereocenters. The van der Waals surface area contributed by atoms with Gasteiger partial charge in [-0.15, -0.1) is 4.57 Å². The molecule has 0 fully saturated rings. The first-order valence-electron chi connectivity index (χ1n) is 19.1. The number of fused-ring (bicyclic) bond motifs is 4. The third-order valence-electron chi connectivity index (χ3n) is 10.8. The number of aliphatic imine (C=N–C) groups is 1. The molecule has 54 heavy (non-hydrogen) atoms. The molecule has 1 atom stereocenters. The number of hydrogen-bond acceptors (Lipinski definition) is 7. The van der Waals surface area contributed by atoms with Crippen LogP contribution in [-0.2, 0) is 0 Å². The molecule has 0 spiro atoms. The lowest BCUT2D eigenvalue weighted by Gasteiger charge is -2.39. The maximum absolute atomic E-state index is 6.41. The summed E-state index contributed by atoms with van der Waals surface area (Å²) in [6.07, 6.45) is 9.07. The Morgan fingerprint density at radius 1 is 0.685 bits per heavy atom. The summed E-state index contributed by atoms with van der Waals surface area (Å²) in [5, 5.41) is 7.49. The number of aromatic nitrogens is 2. The summed E-state index contributed by atoms with van der Waals surface area (Å²) in [5.41, 5.74) is 30.3. The van der Waals surface area contributed by atoms with Crippen LogP contribution in [0.4, 0.5) is 34.1 Å². The predicted molar refractivity (Wildman–Crippen MR) is 227 cm³/mol. The van der Waals surface area contributed by atoms with Crippen LogP contribution in [0.25, 0.3) is 27.8 Å². The highest BCUT2D eigenvalue weighted by molar-refractivity contribution is 6.10. The summed E-state index contributed by atoms with van der Waals surface area (Å²) in [4.78, 5) is 12.5. The van der Waals surface area contributed by atoms with E-state index in [1.807, 2.05) is 26.0 Å². The second kappa shape index (κ2) is 14.7. The van der Waals surface area contributed by atoms with E-state index in [9.17, 15) is 0 Å². The van der Waals surface area contributed by atoms with Crippen molar-refractivity contribution in [3.63, 3.8) is 0 Å². The highest BCUT2D eigenvalue weighted by Crippen LogP contribution is 2.44. The molecule has 6 aromatic rings. The fourth-order valence-corrected chi connectivity index (χ4v) is 7.69. The molecule has 8 rings (SSSR count). The van der Waals surface area contributed by atoms with Gasteiger partial charge in [-0.3, -0.25) is 0 Å². The monoisotopic (exact) mass is 713 g/mol. The highest BCUT2D eigenvalue weighted by Gasteiger charge is 2.32. The first kappa shape index (κ1) is 34.9. The lowest BCUT2D eigenvalue weighted by atomic mass is 9.93. The minimum atomic E-state index is -0.0168. The summed E-state index contributed by atoms with van der Waals surface area (Å²) >= 11 is 0. The lowest BCUT2D eigenvalue weighted by molar-refractivity contribution is -0.538. The fourth-order valence-electron chi connectivity index (χ4n) is 7.69. The van der Waals surface area contributed by atoms with Crippen LogP contribution in [0.5, 0.6) is 0 Å². The molecule has 2 heterocycles. The van der Waals surface area contributed by atoms with Gasteiger partial charge in [-0.25, -0.2) is 9.98 Å². The van der Waals surface area contributed by atoms with Crippen molar-refractivity contribution in [3.05, 3.63) is 137 Å². The van der Waals surface area contributed by atoms with E-state index in [1.54, 1.807) is 0 Å². The molecular weight excluding hydrogens is 665 g/mol. The number of nitrogens with two attached hydrogens (primary N) is 2. The fraction of sp³-hybridized carbons (Fsp3) is 0.239. The van der Waals surface area contributed by atoms with Crippen molar-refractivity contribution in [2.24, 2.45) is 4.99 Å². The van der Waals surface area contributed by atoms with Gasteiger partial charge in [0, 0.05) is 65.8 Å². The molecule has 0 amide bonds. The number of benzene rings is 5. The number of rotatable bonds is 11. The molecule has 0 bridgehead atoms. The molecule has 1 aromatic heterocycles. The van der Waals surface area contributed by atoms with E-state index in [1.165, 1.54) is 16.8 Å². The minimum absolute atomic E-state index is 0.0168. The molecule has 6 N–H and O–H groups in total. The zero-order chi connectivity index (χ0) is 37.3. The Balaban J connectivity index is 0.902. The van der Waals surface area contributed by atoms with Gasteiger partial charge >= 0.3 is 0 Å². The van der Waals surface area contributed by atoms with E-state index >= 15 is 0 Å². The van der Waals surface area contributed by atoms with Crippen LogP contribution in [-0.4, -0.2) is 29.8 Å². The van der Waals surface area contributed by atoms with Gasteiger partial charge in [-0.2, -0.15) is 0 Å². The Morgan fingerprint density at radius 3 is 2.06 bits per heavy atom. The molecule has 8 nitrogen and oxygen atoms in total. The highest BCUT2D eigenvalue weighted by atomic mass is 15.2. The van der Waals surface area contributed by atoms with Crippen LogP contribution >= 0.6 is 0 Å². The molecule has 8 heteroatoms. The molecule has 1 aliphatic heterocycles. The number of allylic oxidation sites excluding steroid dienone is 1. The Labute approximate surface area is 317 Å². The van der Waals surface area contributed by atoms with Gasteiger partial charge in [-0.05, 0) is 111 Å². The van der Waals surface area contributed by atoms with Gasteiger partial charge in [0.2, 0.25) is 16.7 Å². The number of anilines is 5. The number of nitrogens with zero attached hydrogens (tertiary/aromatic N) is 4. The number of nitrogens with one attached hydrogen (secondary N) is 2. The minimum Gasteiger partial charge on any atom is -0.398 e. The van der Waals surface area contributed by atoms with Gasteiger partial charge in [0.05, 0.1) is 23.1 Å². The van der Waals surface area contributed by atoms with Crippen LogP contribution in [0.15, 0.2) is 125 Å². The molecule has 2 aliphatic rings.